The van der Waals surface area contributed by atoms with Gasteiger partial charge >= 0.3 is 5.97 Å². The summed E-state index contributed by atoms with van der Waals surface area (Å²) in [5, 5.41) is 23.8. The van der Waals surface area contributed by atoms with Crippen molar-refractivity contribution >= 4 is 11.9 Å². The Bertz CT molecular complexity index is 1370. The molecule has 0 aromatic rings. The average Bonchev–Trinajstić information content (AvgIpc) is 3.32. The molecule has 0 heterocycles. The number of hydrogen-bond acceptors (Lipinski definition) is 5. The molecule has 3 N–H and O–H groups in total. The van der Waals surface area contributed by atoms with E-state index in [1.54, 1.807) is 0 Å². The summed E-state index contributed by atoms with van der Waals surface area (Å²) in [5.74, 6) is -0.564. The number of esters is 1. The molecule has 0 rings (SSSR count). The number of rotatable bonds is 48. The fourth-order valence-electron chi connectivity index (χ4n) is 7.81. The Morgan fingerprint density at radius 2 is 0.910 bits per heavy atom. The monoisotopic (exact) mass is 930 g/mol. The van der Waals surface area contributed by atoms with Gasteiger partial charge < -0.3 is 20.3 Å². The molecule has 0 aliphatic heterocycles. The molecule has 0 aromatic carbocycles. The van der Waals surface area contributed by atoms with E-state index in [1.807, 2.05) is 24.3 Å². The summed E-state index contributed by atoms with van der Waals surface area (Å²) in [4.78, 5) is 26.2. The van der Waals surface area contributed by atoms with Gasteiger partial charge in [0.25, 0.3) is 0 Å². The van der Waals surface area contributed by atoms with Gasteiger partial charge in [-0.2, -0.15) is 0 Å². The minimum absolute atomic E-state index is 0.0228. The van der Waals surface area contributed by atoms with Gasteiger partial charge in [-0.25, -0.2) is 0 Å². The van der Waals surface area contributed by atoms with Gasteiger partial charge in [-0.05, 0) is 77.0 Å². The lowest BCUT2D eigenvalue weighted by molar-refractivity contribution is -0.151. The van der Waals surface area contributed by atoms with Crippen LogP contribution in [0.3, 0.4) is 0 Å². The average molecular weight is 930 g/mol. The summed E-state index contributed by atoms with van der Waals surface area (Å²) >= 11 is 0. The molecule has 0 aliphatic rings. The Kier molecular flexibility index (Phi) is 50.7. The van der Waals surface area contributed by atoms with E-state index in [0.717, 1.165) is 103 Å². The summed E-state index contributed by atoms with van der Waals surface area (Å²) in [6, 6.07) is -0.732. The first-order valence-corrected chi connectivity index (χ1v) is 27.7. The van der Waals surface area contributed by atoms with Crippen LogP contribution in [0, 0.1) is 0 Å². The summed E-state index contributed by atoms with van der Waals surface area (Å²) in [7, 11) is 0. The van der Waals surface area contributed by atoms with Crippen LogP contribution in [-0.4, -0.2) is 46.9 Å². The molecule has 0 spiro atoms. The van der Waals surface area contributed by atoms with Crippen molar-refractivity contribution in [1.29, 1.82) is 0 Å². The van der Waals surface area contributed by atoms with Crippen LogP contribution in [0.25, 0.3) is 0 Å². The third-order valence-electron chi connectivity index (χ3n) is 11.9. The molecule has 0 bridgehead atoms. The molecule has 6 heteroatoms. The standard InChI is InChI=1S/C61H103NO5/c1-4-7-10-13-16-19-22-25-28-30-31-33-36-39-42-45-48-51-54-61(66)67-57(52-49-46-43-40-37-34-27-24-21-18-15-12-9-6-3)55-60(65)62-58(56-63)59(64)53-50-47-44-41-38-35-32-29-26-23-20-17-14-11-8-5-2/h9-10,12-13,16,18-19,21-22,25,27-28,30-31,33-34,40,43,57-59,63-64H,4-8,11,14-15,17,20,23-24,26,29,32,35-39,41-42,44-56H2,1-3H3,(H,62,65)/b12-9+,13-10+,19-16+,21-18+,25-22+,30-28+,33-31+,34-27+,43-40+. The SMILES string of the molecule is CC/C=C/C/C=C/C/C=C/C/C=C/CCCC(CC(=O)NC(CO)C(O)CCCCCCCCCCCCCCCCCC)OC(=O)CCCCCCC/C=C/C=C/C=C/C=C/C=C/CCC. The largest absolute Gasteiger partial charge is 0.462 e. The van der Waals surface area contributed by atoms with E-state index in [0.29, 0.717) is 19.3 Å². The molecule has 0 aromatic heterocycles. The number of aliphatic hydroxyl groups is 2. The van der Waals surface area contributed by atoms with E-state index in [4.69, 9.17) is 4.74 Å². The first kappa shape index (κ1) is 63.5. The van der Waals surface area contributed by atoms with Crippen LogP contribution in [0.15, 0.2) is 109 Å². The Balaban J connectivity index is 4.69. The van der Waals surface area contributed by atoms with Crippen molar-refractivity contribution < 1.29 is 24.5 Å². The highest BCUT2D eigenvalue weighted by Gasteiger charge is 2.24. The van der Waals surface area contributed by atoms with Gasteiger partial charge in [0, 0.05) is 6.42 Å². The van der Waals surface area contributed by atoms with E-state index in [9.17, 15) is 19.8 Å². The quantitative estimate of drug-likeness (QED) is 0.0244. The van der Waals surface area contributed by atoms with Crippen molar-refractivity contribution in [3.05, 3.63) is 109 Å². The van der Waals surface area contributed by atoms with Gasteiger partial charge in [0.05, 0.1) is 25.2 Å². The van der Waals surface area contributed by atoms with Crippen molar-refractivity contribution in [3.63, 3.8) is 0 Å². The Morgan fingerprint density at radius 3 is 1.43 bits per heavy atom. The molecular formula is C61H103NO5. The molecule has 3 atom stereocenters. The zero-order chi connectivity index (χ0) is 48.8. The number of carbonyl (C=O) groups is 2. The predicted molar refractivity (Wildman–Crippen MR) is 291 cm³/mol. The van der Waals surface area contributed by atoms with Crippen LogP contribution in [0.2, 0.25) is 0 Å². The van der Waals surface area contributed by atoms with Crippen molar-refractivity contribution in [3.8, 4) is 0 Å². The van der Waals surface area contributed by atoms with Crippen LogP contribution in [-0.2, 0) is 14.3 Å². The van der Waals surface area contributed by atoms with Gasteiger partial charge in [0.1, 0.15) is 6.10 Å². The molecule has 0 saturated heterocycles. The smallest absolute Gasteiger partial charge is 0.306 e. The normalized spacial score (nSPS) is 14.0. The zero-order valence-electron chi connectivity index (χ0n) is 43.5. The first-order chi connectivity index (χ1) is 33.0. The number of carbonyl (C=O) groups excluding carboxylic acids is 2. The maximum Gasteiger partial charge on any atom is 0.306 e. The maximum absolute atomic E-state index is 13.2. The molecule has 3 unspecified atom stereocenters. The Labute approximate surface area is 413 Å². The highest BCUT2D eigenvalue weighted by Crippen LogP contribution is 2.17. The fourth-order valence-corrected chi connectivity index (χ4v) is 7.81. The molecule has 382 valence electrons. The second kappa shape index (κ2) is 53.5. The number of allylic oxidation sites excluding steroid dienone is 18. The van der Waals surface area contributed by atoms with Crippen LogP contribution < -0.4 is 5.32 Å². The Hall–Kier alpha value is -3.48. The first-order valence-electron chi connectivity index (χ1n) is 27.7. The molecule has 0 saturated carbocycles. The minimum atomic E-state index is -0.814. The van der Waals surface area contributed by atoms with Crippen molar-refractivity contribution in [2.24, 2.45) is 0 Å². The van der Waals surface area contributed by atoms with E-state index < -0.39 is 18.2 Å². The molecule has 0 fully saturated rings. The van der Waals surface area contributed by atoms with Crippen LogP contribution in [0.4, 0.5) is 0 Å². The maximum atomic E-state index is 13.2. The van der Waals surface area contributed by atoms with Crippen LogP contribution in [0.1, 0.15) is 239 Å². The van der Waals surface area contributed by atoms with Crippen LogP contribution >= 0.6 is 0 Å². The number of aliphatic hydroxyl groups excluding tert-OH is 2. The molecule has 6 nitrogen and oxygen atoms in total. The van der Waals surface area contributed by atoms with E-state index in [1.165, 1.54) is 89.9 Å². The molecule has 0 aliphatic carbocycles. The fraction of sp³-hybridized carbons (Fsp3) is 0.672. The number of unbranched alkanes of at least 4 members (excludes halogenated alkanes) is 22. The third kappa shape index (κ3) is 48.8. The molecular weight excluding hydrogens is 827 g/mol. The van der Waals surface area contributed by atoms with Crippen molar-refractivity contribution in [2.45, 2.75) is 257 Å². The van der Waals surface area contributed by atoms with Gasteiger partial charge in [-0.1, -0.05) is 259 Å². The van der Waals surface area contributed by atoms with E-state index in [-0.39, 0.29) is 24.9 Å². The number of hydrogen-bond donors (Lipinski definition) is 3. The number of amides is 1. The van der Waals surface area contributed by atoms with E-state index >= 15 is 0 Å². The lowest BCUT2D eigenvalue weighted by Gasteiger charge is -2.24. The van der Waals surface area contributed by atoms with Gasteiger partial charge in [-0.15, -0.1) is 0 Å². The zero-order valence-corrected chi connectivity index (χ0v) is 43.5. The van der Waals surface area contributed by atoms with Crippen LogP contribution in [0.5, 0.6) is 0 Å². The second-order valence-electron chi connectivity index (χ2n) is 18.4. The Morgan fingerprint density at radius 1 is 0.463 bits per heavy atom. The molecule has 0 radical (unpaired) electrons. The highest BCUT2D eigenvalue weighted by molar-refractivity contribution is 5.77. The lowest BCUT2D eigenvalue weighted by atomic mass is 10.0. The van der Waals surface area contributed by atoms with Crippen molar-refractivity contribution in [1.82, 2.24) is 5.32 Å². The van der Waals surface area contributed by atoms with Gasteiger partial charge in [0.2, 0.25) is 5.91 Å². The summed E-state index contributed by atoms with van der Waals surface area (Å²) < 4.78 is 5.91. The number of ether oxygens (including phenoxy) is 1. The summed E-state index contributed by atoms with van der Waals surface area (Å²) in [6.45, 7) is 6.27. The topological polar surface area (TPSA) is 95.9 Å². The lowest BCUT2D eigenvalue weighted by Crippen LogP contribution is -2.46. The summed E-state index contributed by atoms with van der Waals surface area (Å²) in [5.41, 5.74) is 0. The minimum Gasteiger partial charge on any atom is -0.462 e. The molecule has 1 amide bonds. The van der Waals surface area contributed by atoms with Crippen molar-refractivity contribution in [2.75, 3.05) is 6.61 Å². The highest BCUT2D eigenvalue weighted by atomic mass is 16.5. The second-order valence-corrected chi connectivity index (χ2v) is 18.4. The molecule has 67 heavy (non-hydrogen) atoms. The predicted octanol–water partition coefficient (Wildman–Crippen LogP) is 17.1. The third-order valence-corrected chi connectivity index (χ3v) is 11.9. The van der Waals surface area contributed by atoms with E-state index in [2.05, 4.69) is 111 Å². The van der Waals surface area contributed by atoms with Gasteiger partial charge in [0.15, 0.2) is 0 Å². The van der Waals surface area contributed by atoms with Gasteiger partial charge in [-0.3, -0.25) is 9.59 Å². The number of nitrogens with one attached hydrogen (secondary N) is 1. The summed E-state index contributed by atoms with van der Waals surface area (Å²) in [6.07, 6.45) is 72.9.